The number of ether oxygens (including phenoxy) is 3. The van der Waals surface area contributed by atoms with Crippen LogP contribution in [0.2, 0.25) is 0 Å². The Balaban J connectivity index is 4.54. The number of hydrogen-bond acceptors (Lipinski definition) is 14. The van der Waals surface area contributed by atoms with Crippen molar-refractivity contribution < 1.29 is 75.8 Å². The van der Waals surface area contributed by atoms with Gasteiger partial charge in [-0.3, -0.25) is 32.5 Å². The highest BCUT2D eigenvalue weighted by Crippen LogP contribution is 2.45. The minimum Gasteiger partial charge on any atom is -0.463 e. The van der Waals surface area contributed by atoms with Crippen LogP contribution in [0.15, 0.2) is 182 Å². The summed E-state index contributed by atoms with van der Waals surface area (Å²) in [6.45, 7) is 2.43. The highest BCUT2D eigenvalue weighted by atomic mass is 31.2. The molecule has 0 amide bonds. The number of carbonyl (C=O) groups excluding carboxylic acids is 3. The number of phosphoric ester groups is 2. The van der Waals surface area contributed by atoms with Crippen LogP contribution in [0.4, 0.5) is 0 Å². The molecule has 0 heterocycles. The Bertz CT molecular complexity index is 3000. The van der Waals surface area contributed by atoms with Gasteiger partial charge in [0.25, 0.3) is 0 Å². The van der Waals surface area contributed by atoms with Crippen molar-refractivity contribution in [1.82, 2.24) is 0 Å². The normalized spacial score (nSPS) is 14.5. The highest BCUT2D eigenvalue weighted by Gasteiger charge is 2.30. The lowest BCUT2D eigenvalue weighted by molar-refractivity contribution is -0.161. The Morgan fingerprint density at radius 2 is 0.424 bits per heavy atom. The van der Waals surface area contributed by atoms with Crippen molar-refractivity contribution in [2.24, 2.45) is 0 Å². The molecule has 0 rings (SSSR count). The van der Waals surface area contributed by atoms with E-state index in [9.17, 15) is 43.5 Å². The molecule has 0 saturated heterocycles. The first-order chi connectivity index (χ1) is 61.2. The fourth-order valence-electron chi connectivity index (χ4n) is 13.6. The van der Waals surface area contributed by atoms with Gasteiger partial charge in [0.05, 0.1) is 26.4 Å². The molecule has 0 bridgehead atoms. The van der Waals surface area contributed by atoms with Crippen LogP contribution in [0.1, 0.15) is 419 Å². The molecule has 18 heteroatoms. The summed E-state index contributed by atoms with van der Waals surface area (Å²) in [5, 5.41) is 20.8. The zero-order valence-corrected chi connectivity index (χ0v) is 81.0. The van der Waals surface area contributed by atoms with Gasteiger partial charge in [-0.2, -0.15) is 0 Å². The molecule has 0 fully saturated rings. The van der Waals surface area contributed by atoms with Crippen molar-refractivity contribution >= 4 is 33.6 Å². The highest BCUT2D eigenvalue weighted by molar-refractivity contribution is 7.47. The molecule has 125 heavy (non-hydrogen) atoms. The fourth-order valence-corrected chi connectivity index (χ4v) is 15.2. The van der Waals surface area contributed by atoms with E-state index in [-0.39, 0.29) is 19.3 Å². The molecule has 0 aliphatic heterocycles. The third-order valence-corrected chi connectivity index (χ3v) is 23.0. The molecular formula is C107H182O16P2. The molecule has 4 N–H and O–H groups in total. The Kier molecular flexibility index (Phi) is 93.5. The Labute approximate surface area is 764 Å². The van der Waals surface area contributed by atoms with Gasteiger partial charge < -0.3 is 34.2 Å². The molecule has 5 atom stereocenters. The zero-order chi connectivity index (χ0) is 90.7. The first kappa shape index (κ1) is 120. The maximum atomic E-state index is 13.1. The number of allylic oxidation sites excluding steroid dienone is 30. The van der Waals surface area contributed by atoms with Crippen molar-refractivity contribution in [3.8, 4) is 0 Å². The summed E-state index contributed by atoms with van der Waals surface area (Å²) in [5.41, 5.74) is 0. The summed E-state index contributed by atoms with van der Waals surface area (Å²) in [6.07, 6.45) is 130. The van der Waals surface area contributed by atoms with E-state index in [2.05, 4.69) is 203 Å². The van der Waals surface area contributed by atoms with Crippen molar-refractivity contribution in [3.05, 3.63) is 182 Å². The SMILES string of the molecule is CC/C=C\C/C=C\C/C=C\C/C=C\C/C=C\C/C=C\CCCCC(=O)OC(COC(=O)CCCCCCCCCCCCCCCCCCC/C=C\C/C=C\C/C=C\C/C=C\CCCCC)COP(=O)(O)OCC(O)COP(=O)(O)OCC(O)COC(=O)CCCCCCCCCCCCCCCCCCCCC/C=C\C/C=C\C/C=C\C/C=C\C/C=C\CC. The lowest BCUT2D eigenvalue weighted by Gasteiger charge is -2.21. The molecule has 0 aliphatic carbocycles. The number of rotatable bonds is 94. The van der Waals surface area contributed by atoms with E-state index in [1.165, 1.54) is 218 Å². The van der Waals surface area contributed by atoms with Crippen molar-refractivity contribution in [1.29, 1.82) is 0 Å². The van der Waals surface area contributed by atoms with E-state index in [0.29, 0.717) is 25.7 Å². The standard InChI is InChI=1S/C107H182O16P2/c1-4-7-10-13-16-19-22-25-28-31-34-37-39-41-43-45-47-49-50-52-54-55-57-59-61-64-66-69-72-75-78-81-84-87-90-93-105(110)117-96-102(108)97-119-124(113,114)120-98-103(109)99-121-125(115,116)122-101-104(123-107(112)95-92-89-86-83-80-77-74-71-68-63-36-33-30-27-24-21-18-15-12-9-6-3)100-118-106(111)94-91-88-85-82-79-76-73-70-67-65-62-60-58-56-53-51-48-46-44-42-40-38-35-32-29-26-23-20-17-14-11-8-5-2/h7,9-10,12,16-21,25-30,34-38,41-44,63,71,74,80,83,102-104,108-109H,4-6,8,11,13-15,22-24,31-33,39-40,45-62,64-70,72-73,75-79,81-82,84-101H2,1-3H3,(H,113,114)(H,115,116)/b10-7-,12-9-,19-16-,20-17-,21-18-,28-25-,29-26-,30-27-,37-34-,38-35-,43-41-,44-42-,63-36-,74-71-,83-80-. The quantitative estimate of drug-likeness (QED) is 0.0146. The molecule has 0 aromatic carbocycles. The van der Waals surface area contributed by atoms with E-state index in [4.69, 9.17) is 32.3 Å². The van der Waals surface area contributed by atoms with E-state index in [1.54, 1.807) is 0 Å². The van der Waals surface area contributed by atoms with Gasteiger partial charge in [-0.15, -0.1) is 0 Å². The average Bonchev–Trinajstić information content (AvgIpc) is 0.899. The van der Waals surface area contributed by atoms with E-state index >= 15 is 0 Å². The molecule has 0 aliphatic rings. The third-order valence-electron chi connectivity index (χ3n) is 21.1. The topological polar surface area (TPSA) is 231 Å². The number of hydrogen-bond donors (Lipinski definition) is 4. The van der Waals surface area contributed by atoms with Gasteiger partial charge in [0.1, 0.15) is 25.4 Å². The monoisotopic (exact) mass is 1790 g/mol. The summed E-state index contributed by atoms with van der Waals surface area (Å²) < 4.78 is 61.5. The molecule has 0 radical (unpaired) electrons. The van der Waals surface area contributed by atoms with E-state index in [1.807, 2.05) is 0 Å². The summed E-state index contributed by atoms with van der Waals surface area (Å²) in [5.74, 6) is -1.62. The van der Waals surface area contributed by atoms with Crippen molar-refractivity contribution in [3.63, 3.8) is 0 Å². The van der Waals surface area contributed by atoms with Crippen LogP contribution in [0.5, 0.6) is 0 Å². The van der Waals surface area contributed by atoms with Crippen LogP contribution in [0, 0.1) is 0 Å². The Morgan fingerprint density at radius 1 is 0.232 bits per heavy atom. The van der Waals surface area contributed by atoms with Crippen LogP contribution in [-0.4, -0.2) is 95.9 Å². The van der Waals surface area contributed by atoms with Gasteiger partial charge in [-0.05, 0) is 161 Å². The zero-order valence-electron chi connectivity index (χ0n) is 79.2. The summed E-state index contributed by atoms with van der Waals surface area (Å²) in [7, 11) is -9.83. The molecule has 716 valence electrons. The molecule has 0 aromatic rings. The molecule has 16 nitrogen and oxygen atoms in total. The second-order valence-electron chi connectivity index (χ2n) is 33.2. The van der Waals surface area contributed by atoms with Gasteiger partial charge in [0.2, 0.25) is 0 Å². The second kappa shape index (κ2) is 97.7. The minimum atomic E-state index is -4.96. The summed E-state index contributed by atoms with van der Waals surface area (Å²) in [4.78, 5) is 59.1. The summed E-state index contributed by atoms with van der Waals surface area (Å²) in [6, 6.07) is 0. The number of aliphatic hydroxyl groups is 2. The smallest absolute Gasteiger partial charge is 0.463 e. The molecule has 5 unspecified atom stereocenters. The predicted octanol–water partition coefficient (Wildman–Crippen LogP) is 31.6. The number of aliphatic hydroxyl groups excluding tert-OH is 2. The molecule has 0 saturated carbocycles. The first-order valence-electron chi connectivity index (χ1n) is 50.1. The van der Waals surface area contributed by atoms with Crippen LogP contribution in [-0.2, 0) is 55.8 Å². The van der Waals surface area contributed by atoms with Crippen LogP contribution < -0.4 is 0 Å². The van der Waals surface area contributed by atoms with Gasteiger partial charge in [0.15, 0.2) is 6.10 Å². The van der Waals surface area contributed by atoms with Crippen LogP contribution in [0.3, 0.4) is 0 Å². The molecular weight excluding hydrogens is 1600 g/mol. The largest absolute Gasteiger partial charge is 0.472 e. The maximum Gasteiger partial charge on any atom is 0.472 e. The molecule has 0 spiro atoms. The third kappa shape index (κ3) is 99.1. The minimum absolute atomic E-state index is 0.0462. The first-order valence-corrected chi connectivity index (χ1v) is 53.1. The second-order valence-corrected chi connectivity index (χ2v) is 36.1. The predicted molar refractivity (Wildman–Crippen MR) is 528 cm³/mol. The Morgan fingerprint density at radius 3 is 0.688 bits per heavy atom. The average molecular weight is 1790 g/mol. The van der Waals surface area contributed by atoms with E-state index in [0.717, 1.165) is 135 Å². The maximum absolute atomic E-state index is 13.1. The van der Waals surface area contributed by atoms with Gasteiger partial charge in [0, 0.05) is 19.3 Å². The summed E-state index contributed by atoms with van der Waals surface area (Å²) >= 11 is 0. The van der Waals surface area contributed by atoms with Crippen LogP contribution >= 0.6 is 15.6 Å². The number of esters is 3. The Hall–Kier alpha value is -5.35. The van der Waals surface area contributed by atoms with Gasteiger partial charge >= 0.3 is 33.6 Å². The lowest BCUT2D eigenvalue weighted by Crippen LogP contribution is -2.30. The van der Waals surface area contributed by atoms with Crippen molar-refractivity contribution in [2.75, 3.05) is 39.6 Å². The van der Waals surface area contributed by atoms with Gasteiger partial charge in [-0.25, -0.2) is 9.13 Å². The number of phosphoric acid groups is 2. The fraction of sp³-hybridized carbons (Fsp3) is 0.692. The molecule has 0 aromatic heterocycles. The van der Waals surface area contributed by atoms with Gasteiger partial charge in [-0.1, -0.05) is 421 Å². The van der Waals surface area contributed by atoms with Crippen LogP contribution in [0.25, 0.3) is 0 Å². The van der Waals surface area contributed by atoms with E-state index < -0.39 is 91.5 Å². The number of carbonyl (C=O) groups is 3. The lowest BCUT2D eigenvalue weighted by atomic mass is 10.0. The number of unbranched alkanes of at least 4 members (excludes halogenated alkanes) is 41. The van der Waals surface area contributed by atoms with Crippen molar-refractivity contribution in [2.45, 2.75) is 437 Å².